The fraction of sp³-hybridized carbons (Fsp3) is 0.500. The minimum absolute atomic E-state index is 0. The van der Waals surface area contributed by atoms with E-state index in [1.54, 1.807) is 11.8 Å². The first-order valence-corrected chi connectivity index (χ1v) is 7.41. The number of nitrogens with zero attached hydrogens (tertiary/aromatic N) is 1. The average molecular weight is 326 g/mol. The molecule has 5 nitrogen and oxygen atoms in total. The van der Waals surface area contributed by atoms with Crippen molar-refractivity contribution >= 4 is 29.9 Å². The number of rotatable bonds is 6. The maximum atomic E-state index is 12.0. The fourth-order valence-electron chi connectivity index (χ4n) is 2.68. The van der Waals surface area contributed by atoms with Crippen molar-refractivity contribution in [3.8, 4) is 0 Å². The average Bonchev–Trinajstić information content (AvgIpc) is 2.75. The highest BCUT2D eigenvalue weighted by Crippen LogP contribution is 2.27. The Bertz CT molecular complexity index is 546. The third kappa shape index (κ3) is 3.99. The van der Waals surface area contributed by atoms with Gasteiger partial charge in [-0.2, -0.15) is 0 Å². The van der Waals surface area contributed by atoms with Crippen LogP contribution in [0.3, 0.4) is 0 Å². The van der Waals surface area contributed by atoms with E-state index < -0.39 is 5.54 Å². The van der Waals surface area contributed by atoms with E-state index in [0.29, 0.717) is 25.9 Å². The number of carbonyl (C=O) groups excluding carboxylic acids is 2. The van der Waals surface area contributed by atoms with Crippen LogP contribution in [0.15, 0.2) is 24.3 Å². The minimum atomic E-state index is -0.846. The van der Waals surface area contributed by atoms with Gasteiger partial charge in [-0.05, 0) is 25.0 Å². The van der Waals surface area contributed by atoms with Crippen LogP contribution < -0.4 is 16.0 Å². The second kappa shape index (κ2) is 7.61. The lowest BCUT2D eigenvalue weighted by molar-refractivity contribution is -0.126. The molecule has 3 N–H and O–H groups in total. The van der Waals surface area contributed by atoms with E-state index in [4.69, 9.17) is 5.73 Å². The van der Waals surface area contributed by atoms with E-state index in [2.05, 4.69) is 5.32 Å². The molecule has 6 heteroatoms. The largest absolute Gasteiger partial charge is 0.353 e. The van der Waals surface area contributed by atoms with E-state index in [1.165, 1.54) is 0 Å². The molecule has 1 unspecified atom stereocenters. The normalized spacial score (nSPS) is 15.8. The molecule has 0 radical (unpaired) electrons. The highest BCUT2D eigenvalue weighted by atomic mass is 35.5. The molecule has 0 bridgehead atoms. The summed E-state index contributed by atoms with van der Waals surface area (Å²) in [5.74, 6) is -0.0844. The maximum Gasteiger partial charge on any atom is 0.239 e. The fourth-order valence-corrected chi connectivity index (χ4v) is 2.68. The summed E-state index contributed by atoms with van der Waals surface area (Å²) in [6, 6.07) is 7.75. The molecule has 0 aromatic heterocycles. The lowest BCUT2D eigenvalue weighted by Gasteiger charge is -2.24. The van der Waals surface area contributed by atoms with E-state index in [1.807, 2.05) is 31.2 Å². The zero-order chi connectivity index (χ0) is 15.5. The van der Waals surface area contributed by atoms with Gasteiger partial charge in [0.2, 0.25) is 11.8 Å². The molecule has 2 rings (SSSR count). The summed E-state index contributed by atoms with van der Waals surface area (Å²) in [6.07, 6.45) is 1.94. The number of hydrogen-bond donors (Lipinski definition) is 2. The van der Waals surface area contributed by atoms with Gasteiger partial charge in [0.25, 0.3) is 0 Å². The Morgan fingerprint density at radius 1 is 1.41 bits per heavy atom. The topological polar surface area (TPSA) is 75.4 Å². The zero-order valence-corrected chi connectivity index (χ0v) is 13.9. The standard InChI is InChI=1S/C16H23N3O2.ClH/c1-3-8-16(2,17)15(21)18-9-10-19-13-7-5-4-6-12(13)11-14(19)20;/h4-7H,3,8-11,17H2,1-2H3,(H,18,21);1H. The zero-order valence-electron chi connectivity index (χ0n) is 13.1. The summed E-state index contributed by atoms with van der Waals surface area (Å²) in [4.78, 5) is 25.7. The number of para-hydroxylation sites is 1. The Labute approximate surface area is 137 Å². The molecule has 2 amide bonds. The van der Waals surface area contributed by atoms with Gasteiger partial charge in [-0.25, -0.2) is 0 Å². The van der Waals surface area contributed by atoms with Crippen LogP contribution in [-0.2, 0) is 16.0 Å². The first-order chi connectivity index (χ1) is 9.95. The predicted octanol–water partition coefficient (Wildman–Crippen LogP) is 1.63. The summed E-state index contributed by atoms with van der Waals surface area (Å²) >= 11 is 0. The highest BCUT2D eigenvalue weighted by molar-refractivity contribution is 6.01. The summed E-state index contributed by atoms with van der Waals surface area (Å²) in [6.45, 7) is 4.62. The van der Waals surface area contributed by atoms with Crippen molar-refractivity contribution in [2.75, 3.05) is 18.0 Å². The molecule has 1 atom stereocenters. The van der Waals surface area contributed by atoms with Crippen LogP contribution in [0.25, 0.3) is 0 Å². The smallest absolute Gasteiger partial charge is 0.239 e. The van der Waals surface area contributed by atoms with Gasteiger partial charge in [0.05, 0.1) is 12.0 Å². The molecule has 1 heterocycles. The molecule has 22 heavy (non-hydrogen) atoms. The van der Waals surface area contributed by atoms with Crippen molar-refractivity contribution in [2.45, 2.75) is 38.6 Å². The molecule has 0 saturated heterocycles. The molecule has 0 aliphatic carbocycles. The van der Waals surface area contributed by atoms with Crippen molar-refractivity contribution in [1.82, 2.24) is 5.32 Å². The van der Waals surface area contributed by atoms with Crippen LogP contribution in [-0.4, -0.2) is 30.4 Å². The van der Waals surface area contributed by atoms with Crippen molar-refractivity contribution < 1.29 is 9.59 Å². The molecule has 0 spiro atoms. The number of halogens is 1. The molecule has 1 aliphatic heterocycles. The number of fused-ring (bicyclic) bond motifs is 1. The van der Waals surface area contributed by atoms with Gasteiger partial charge >= 0.3 is 0 Å². The molecule has 0 saturated carbocycles. The highest BCUT2D eigenvalue weighted by Gasteiger charge is 2.29. The summed E-state index contributed by atoms with van der Waals surface area (Å²) in [5.41, 5.74) is 7.12. The molecule has 122 valence electrons. The van der Waals surface area contributed by atoms with Crippen molar-refractivity contribution in [1.29, 1.82) is 0 Å². The molecule has 1 aromatic carbocycles. The van der Waals surface area contributed by atoms with E-state index in [0.717, 1.165) is 17.7 Å². The van der Waals surface area contributed by atoms with Gasteiger partial charge in [-0.1, -0.05) is 31.5 Å². The summed E-state index contributed by atoms with van der Waals surface area (Å²) in [5, 5.41) is 2.83. The number of amides is 2. The molecule has 1 aromatic rings. The third-order valence-electron chi connectivity index (χ3n) is 3.83. The Morgan fingerprint density at radius 3 is 2.77 bits per heavy atom. The first-order valence-electron chi connectivity index (χ1n) is 7.41. The third-order valence-corrected chi connectivity index (χ3v) is 3.83. The summed E-state index contributed by atoms with van der Waals surface area (Å²) < 4.78 is 0. The molecule has 1 aliphatic rings. The van der Waals surface area contributed by atoms with E-state index in [-0.39, 0.29) is 24.2 Å². The second-order valence-corrected chi connectivity index (χ2v) is 5.77. The Morgan fingerprint density at radius 2 is 2.09 bits per heavy atom. The van der Waals surface area contributed by atoms with Crippen LogP contribution in [0.4, 0.5) is 5.69 Å². The van der Waals surface area contributed by atoms with Crippen LogP contribution in [0.2, 0.25) is 0 Å². The van der Waals surface area contributed by atoms with Gasteiger partial charge in [-0.15, -0.1) is 12.4 Å². The van der Waals surface area contributed by atoms with Crippen LogP contribution in [0.5, 0.6) is 0 Å². The number of carbonyl (C=O) groups is 2. The second-order valence-electron chi connectivity index (χ2n) is 5.77. The monoisotopic (exact) mass is 325 g/mol. The molecule has 0 fully saturated rings. The van der Waals surface area contributed by atoms with Crippen molar-refractivity contribution in [3.63, 3.8) is 0 Å². The van der Waals surface area contributed by atoms with Crippen LogP contribution in [0, 0.1) is 0 Å². The van der Waals surface area contributed by atoms with E-state index >= 15 is 0 Å². The van der Waals surface area contributed by atoms with Gasteiger partial charge in [0.15, 0.2) is 0 Å². The van der Waals surface area contributed by atoms with E-state index in [9.17, 15) is 9.59 Å². The number of nitrogens with one attached hydrogen (secondary N) is 1. The lowest BCUT2D eigenvalue weighted by atomic mass is 9.97. The number of nitrogens with two attached hydrogens (primary N) is 1. The SMILES string of the molecule is CCCC(C)(N)C(=O)NCCN1C(=O)Cc2ccccc21.Cl. The lowest BCUT2D eigenvalue weighted by Crippen LogP contribution is -2.52. The number of hydrogen-bond acceptors (Lipinski definition) is 3. The molecular formula is C16H24ClN3O2. The van der Waals surface area contributed by atoms with Crippen LogP contribution in [0.1, 0.15) is 32.3 Å². The predicted molar refractivity (Wildman–Crippen MR) is 90.3 cm³/mol. The minimum Gasteiger partial charge on any atom is -0.353 e. The Balaban J connectivity index is 0.00000242. The number of anilines is 1. The van der Waals surface area contributed by atoms with Gasteiger partial charge in [0.1, 0.15) is 0 Å². The van der Waals surface area contributed by atoms with Crippen LogP contribution >= 0.6 is 12.4 Å². The molecular weight excluding hydrogens is 302 g/mol. The Hall–Kier alpha value is -1.59. The quantitative estimate of drug-likeness (QED) is 0.834. The maximum absolute atomic E-state index is 12.0. The van der Waals surface area contributed by atoms with Crippen molar-refractivity contribution in [2.24, 2.45) is 5.73 Å². The van der Waals surface area contributed by atoms with Crippen molar-refractivity contribution in [3.05, 3.63) is 29.8 Å². The van der Waals surface area contributed by atoms with Gasteiger partial charge in [0, 0.05) is 18.8 Å². The van der Waals surface area contributed by atoms with Gasteiger partial charge in [-0.3, -0.25) is 9.59 Å². The number of benzene rings is 1. The first kappa shape index (κ1) is 18.5. The van der Waals surface area contributed by atoms with Gasteiger partial charge < -0.3 is 16.0 Å². The summed E-state index contributed by atoms with van der Waals surface area (Å²) in [7, 11) is 0. The Kier molecular flexibility index (Phi) is 6.38.